The van der Waals surface area contributed by atoms with Gasteiger partial charge in [-0.25, -0.2) is 4.39 Å². The van der Waals surface area contributed by atoms with E-state index in [1.807, 2.05) is 0 Å². The van der Waals surface area contributed by atoms with Crippen molar-refractivity contribution in [2.75, 3.05) is 28.7 Å². The molecule has 5 nitrogen and oxygen atoms in total. The summed E-state index contributed by atoms with van der Waals surface area (Å²) in [5, 5.41) is 14.1. The summed E-state index contributed by atoms with van der Waals surface area (Å²) in [6.07, 6.45) is 0. The topological polar surface area (TPSA) is 78.4 Å². The Labute approximate surface area is 143 Å². The highest BCUT2D eigenvalue weighted by Crippen LogP contribution is 2.18. The Balaban J connectivity index is 2.05. The molecule has 0 bridgehead atoms. The van der Waals surface area contributed by atoms with Gasteiger partial charge in [-0.2, -0.15) is 0 Å². The molecule has 0 aliphatic heterocycles. The zero-order chi connectivity index (χ0) is 17.4. The van der Waals surface area contributed by atoms with Gasteiger partial charge in [0.15, 0.2) is 0 Å². The zero-order valence-electron chi connectivity index (χ0n) is 12.8. The van der Waals surface area contributed by atoms with Crippen molar-refractivity contribution in [2.45, 2.75) is 0 Å². The van der Waals surface area contributed by atoms with Crippen LogP contribution in [0.15, 0.2) is 48.5 Å². The lowest BCUT2D eigenvalue weighted by atomic mass is 10.1. The second-order valence-corrected chi connectivity index (χ2v) is 5.94. The van der Waals surface area contributed by atoms with Gasteiger partial charge < -0.3 is 15.7 Å². The molecule has 0 aliphatic rings. The predicted molar refractivity (Wildman–Crippen MR) is 93.8 cm³/mol. The van der Waals surface area contributed by atoms with Crippen LogP contribution in [0.25, 0.3) is 0 Å². The fourth-order valence-electron chi connectivity index (χ4n) is 1.94. The molecule has 24 heavy (non-hydrogen) atoms. The third kappa shape index (κ3) is 5.36. The largest absolute Gasteiger partial charge is 0.396 e. The normalized spacial score (nSPS) is 10.2. The minimum atomic E-state index is -0.402. The lowest BCUT2D eigenvalue weighted by Crippen LogP contribution is -2.19. The number of halogens is 1. The first-order chi connectivity index (χ1) is 11.6. The first-order valence-electron chi connectivity index (χ1n) is 7.24. The van der Waals surface area contributed by atoms with Gasteiger partial charge in [-0.15, -0.1) is 11.8 Å². The number of rotatable bonds is 7. The predicted octanol–water partition coefficient (Wildman–Crippen LogP) is 2.74. The number of aliphatic hydroxyl groups excluding tert-OH is 1. The van der Waals surface area contributed by atoms with Crippen molar-refractivity contribution in [3.63, 3.8) is 0 Å². The Kier molecular flexibility index (Phi) is 6.77. The third-order valence-corrected chi connectivity index (χ3v) is 3.95. The molecule has 0 fully saturated rings. The van der Waals surface area contributed by atoms with E-state index >= 15 is 0 Å². The Bertz CT molecular complexity index is 707. The molecular weight excluding hydrogens is 331 g/mol. The van der Waals surface area contributed by atoms with E-state index in [-0.39, 0.29) is 24.1 Å². The highest BCUT2D eigenvalue weighted by molar-refractivity contribution is 7.99. The van der Waals surface area contributed by atoms with Crippen molar-refractivity contribution in [3.05, 3.63) is 59.9 Å². The summed E-state index contributed by atoms with van der Waals surface area (Å²) in [4.78, 5) is 24.2. The van der Waals surface area contributed by atoms with Gasteiger partial charge in [0.2, 0.25) is 5.91 Å². The van der Waals surface area contributed by atoms with Crippen molar-refractivity contribution in [1.29, 1.82) is 0 Å². The first kappa shape index (κ1) is 18.0. The number of amides is 2. The molecule has 0 unspecified atom stereocenters. The number of para-hydroxylation sites is 1. The van der Waals surface area contributed by atoms with Gasteiger partial charge in [0, 0.05) is 11.4 Å². The number of carbonyl (C=O) groups is 2. The Morgan fingerprint density at radius 2 is 1.75 bits per heavy atom. The van der Waals surface area contributed by atoms with E-state index in [2.05, 4.69) is 10.6 Å². The van der Waals surface area contributed by atoms with Gasteiger partial charge in [0.05, 0.1) is 23.6 Å². The SMILES string of the molecule is O=C(CSCCO)Nc1ccccc1C(=O)Nc1ccc(F)cc1. The molecule has 0 saturated carbocycles. The van der Waals surface area contributed by atoms with Crippen molar-refractivity contribution < 1.29 is 19.1 Å². The minimum Gasteiger partial charge on any atom is -0.396 e. The molecule has 126 valence electrons. The molecule has 0 saturated heterocycles. The molecule has 2 rings (SSSR count). The van der Waals surface area contributed by atoms with Crippen LogP contribution >= 0.6 is 11.8 Å². The molecule has 0 aliphatic carbocycles. The molecule has 0 radical (unpaired) electrons. The summed E-state index contributed by atoms with van der Waals surface area (Å²) in [7, 11) is 0. The van der Waals surface area contributed by atoms with E-state index in [1.165, 1.54) is 36.0 Å². The zero-order valence-corrected chi connectivity index (χ0v) is 13.6. The van der Waals surface area contributed by atoms with Crippen LogP contribution in [0.4, 0.5) is 15.8 Å². The van der Waals surface area contributed by atoms with Gasteiger partial charge in [0.25, 0.3) is 5.91 Å². The lowest BCUT2D eigenvalue weighted by molar-refractivity contribution is -0.113. The molecule has 2 aromatic rings. The van der Waals surface area contributed by atoms with Crippen molar-refractivity contribution in [3.8, 4) is 0 Å². The molecule has 0 atom stereocenters. The monoisotopic (exact) mass is 348 g/mol. The lowest BCUT2D eigenvalue weighted by Gasteiger charge is -2.11. The fraction of sp³-hybridized carbons (Fsp3) is 0.176. The van der Waals surface area contributed by atoms with Gasteiger partial charge in [-0.05, 0) is 36.4 Å². The van der Waals surface area contributed by atoms with Crippen LogP contribution < -0.4 is 10.6 Å². The van der Waals surface area contributed by atoms with Crippen LogP contribution in [0.5, 0.6) is 0 Å². The second-order valence-electron chi connectivity index (χ2n) is 4.83. The summed E-state index contributed by atoms with van der Waals surface area (Å²) >= 11 is 1.30. The van der Waals surface area contributed by atoms with Crippen molar-refractivity contribution >= 4 is 35.0 Å². The molecule has 2 aromatic carbocycles. The molecule has 3 N–H and O–H groups in total. The maximum Gasteiger partial charge on any atom is 0.257 e. The van der Waals surface area contributed by atoms with Crippen molar-refractivity contribution in [2.24, 2.45) is 0 Å². The summed E-state index contributed by atoms with van der Waals surface area (Å²) in [6, 6.07) is 12.0. The number of benzene rings is 2. The number of anilines is 2. The highest BCUT2D eigenvalue weighted by atomic mass is 32.2. The van der Waals surface area contributed by atoms with Gasteiger partial charge in [0.1, 0.15) is 5.82 Å². The van der Waals surface area contributed by atoms with E-state index in [1.54, 1.807) is 24.3 Å². The second kappa shape index (κ2) is 9.05. The highest BCUT2D eigenvalue weighted by Gasteiger charge is 2.13. The van der Waals surface area contributed by atoms with Gasteiger partial charge >= 0.3 is 0 Å². The van der Waals surface area contributed by atoms with Crippen LogP contribution in [0, 0.1) is 5.82 Å². The summed E-state index contributed by atoms with van der Waals surface area (Å²) in [5.74, 6) is -0.383. The fourth-order valence-corrected chi connectivity index (χ4v) is 2.47. The number of carbonyl (C=O) groups excluding carboxylic acids is 2. The molecule has 7 heteroatoms. The van der Waals surface area contributed by atoms with E-state index < -0.39 is 5.91 Å². The van der Waals surface area contributed by atoms with Crippen LogP contribution in [0.3, 0.4) is 0 Å². The van der Waals surface area contributed by atoms with Crippen LogP contribution in [0.1, 0.15) is 10.4 Å². The minimum absolute atomic E-state index is 0.00854. The first-order valence-corrected chi connectivity index (χ1v) is 8.40. The van der Waals surface area contributed by atoms with Crippen LogP contribution in [0.2, 0.25) is 0 Å². The molecule has 2 amide bonds. The number of nitrogens with one attached hydrogen (secondary N) is 2. The van der Waals surface area contributed by atoms with E-state index in [9.17, 15) is 14.0 Å². The summed E-state index contributed by atoms with van der Waals surface area (Å²) in [6.45, 7) is 0.00854. The molecule has 0 aromatic heterocycles. The summed E-state index contributed by atoms with van der Waals surface area (Å²) < 4.78 is 12.9. The number of hydrogen-bond acceptors (Lipinski definition) is 4. The van der Waals surface area contributed by atoms with E-state index in [4.69, 9.17) is 5.11 Å². The van der Waals surface area contributed by atoms with Gasteiger partial charge in [-0.1, -0.05) is 12.1 Å². The Hall–Kier alpha value is -2.38. The molecule has 0 heterocycles. The maximum atomic E-state index is 12.9. The maximum absolute atomic E-state index is 12.9. The average molecular weight is 348 g/mol. The van der Waals surface area contributed by atoms with Crippen LogP contribution in [-0.2, 0) is 4.79 Å². The Morgan fingerprint density at radius 1 is 1.04 bits per heavy atom. The summed E-state index contributed by atoms with van der Waals surface area (Å²) in [5.41, 5.74) is 1.16. The standard InChI is InChI=1S/C17H17FN2O3S/c18-12-5-7-13(8-6-12)19-17(23)14-3-1-2-4-15(14)20-16(22)11-24-10-9-21/h1-8,21H,9-11H2,(H,19,23)(H,20,22). The number of thioether (sulfide) groups is 1. The quantitative estimate of drug-likeness (QED) is 0.672. The number of hydrogen-bond donors (Lipinski definition) is 3. The third-order valence-electron chi connectivity index (χ3n) is 3.02. The van der Waals surface area contributed by atoms with Crippen LogP contribution in [-0.4, -0.2) is 35.0 Å². The van der Waals surface area contributed by atoms with Crippen molar-refractivity contribution in [1.82, 2.24) is 0 Å². The smallest absolute Gasteiger partial charge is 0.257 e. The molecule has 0 spiro atoms. The van der Waals surface area contributed by atoms with E-state index in [0.29, 0.717) is 22.7 Å². The average Bonchev–Trinajstić information content (AvgIpc) is 2.57. The molecular formula is C17H17FN2O3S. The van der Waals surface area contributed by atoms with Gasteiger partial charge in [-0.3, -0.25) is 9.59 Å². The number of aliphatic hydroxyl groups is 1. The Morgan fingerprint density at radius 3 is 2.46 bits per heavy atom. The van der Waals surface area contributed by atoms with E-state index in [0.717, 1.165) is 0 Å².